The van der Waals surface area contributed by atoms with Gasteiger partial charge in [0, 0.05) is 24.8 Å². The lowest BCUT2D eigenvalue weighted by Gasteiger charge is -2.43. The van der Waals surface area contributed by atoms with Gasteiger partial charge in [0.2, 0.25) is 0 Å². The molecule has 26 heavy (non-hydrogen) atoms. The highest BCUT2D eigenvalue weighted by Crippen LogP contribution is 2.30. The molecule has 1 amide bonds. The highest BCUT2D eigenvalue weighted by molar-refractivity contribution is 7.91. The molecule has 4 heterocycles. The topological polar surface area (TPSA) is 96.6 Å². The molecule has 140 valence electrons. The Balaban J connectivity index is 1.76. The molecule has 0 saturated carbocycles. The Labute approximate surface area is 152 Å². The first kappa shape index (κ1) is 17.4. The fraction of sp³-hybridized carbons (Fsp3) is 0.588. The Hall–Kier alpha value is -2.00. The molecule has 2 aliphatic rings. The van der Waals surface area contributed by atoms with Gasteiger partial charge in [-0.1, -0.05) is 12.1 Å². The minimum atomic E-state index is -3.15. The second kappa shape index (κ2) is 6.02. The van der Waals surface area contributed by atoms with E-state index in [-0.39, 0.29) is 29.5 Å². The molecule has 2 aliphatic heterocycles. The Morgan fingerprint density at radius 3 is 2.73 bits per heavy atom. The maximum Gasteiger partial charge on any atom is 0.258 e. The minimum absolute atomic E-state index is 0.0235. The Morgan fingerprint density at radius 1 is 1.27 bits per heavy atom. The standard InChI is InChI=1S/C17H22N4O4S/c1-4-20-5-6-21(14-9-26(23,24)8-13(14)20)17(22)12-7-10(2)18-16-15(12)11(3)19-25-16/h7,13-14H,4-6,8-9H2,1-3H3/t13-,14+/m1/s1. The van der Waals surface area contributed by atoms with Crippen molar-refractivity contribution in [3.05, 3.63) is 23.0 Å². The number of aromatic nitrogens is 2. The van der Waals surface area contributed by atoms with Gasteiger partial charge in [-0.2, -0.15) is 0 Å². The molecule has 0 unspecified atom stereocenters. The van der Waals surface area contributed by atoms with Crippen molar-refractivity contribution in [2.24, 2.45) is 0 Å². The van der Waals surface area contributed by atoms with E-state index < -0.39 is 9.84 Å². The maximum atomic E-state index is 13.4. The monoisotopic (exact) mass is 378 g/mol. The van der Waals surface area contributed by atoms with Crippen LogP contribution in [0.2, 0.25) is 0 Å². The zero-order valence-electron chi connectivity index (χ0n) is 15.1. The van der Waals surface area contributed by atoms with Crippen LogP contribution in [0.25, 0.3) is 11.1 Å². The van der Waals surface area contributed by atoms with Gasteiger partial charge in [-0.15, -0.1) is 0 Å². The van der Waals surface area contributed by atoms with Crippen molar-refractivity contribution >= 4 is 26.8 Å². The van der Waals surface area contributed by atoms with Crippen LogP contribution in [0.4, 0.5) is 0 Å². The number of hydrogen-bond donors (Lipinski definition) is 0. The largest absolute Gasteiger partial charge is 0.336 e. The van der Waals surface area contributed by atoms with Crippen LogP contribution in [0.15, 0.2) is 10.6 Å². The fourth-order valence-electron chi connectivity index (χ4n) is 4.21. The van der Waals surface area contributed by atoms with Crippen molar-refractivity contribution < 1.29 is 17.7 Å². The Morgan fingerprint density at radius 2 is 2.00 bits per heavy atom. The molecule has 9 heteroatoms. The van der Waals surface area contributed by atoms with Crippen LogP contribution in [0.5, 0.6) is 0 Å². The van der Waals surface area contributed by atoms with Crippen LogP contribution in [-0.2, 0) is 9.84 Å². The van der Waals surface area contributed by atoms with Gasteiger partial charge in [0.1, 0.15) is 0 Å². The lowest BCUT2D eigenvalue weighted by atomic mass is 10.0. The van der Waals surface area contributed by atoms with E-state index in [4.69, 9.17) is 4.52 Å². The highest BCUT2D eigenvalue weighted by Gasteiger charge is 2.47. The molecule has 2 fully saturated rings. The summed E-state index contributed by atoms with van der Waals surface area (Å²) in [7, 11) is -3.15. The van der Waals surface area contributed by atoms with E-state index in [1.807, 2.05) is 6.92 Å². The van der Waals surface area contributed by atoms with E-state index in [0.717, 1.165) is 6.54 Å². The number of rotatable bonds is 2. The van der Waals surface area contributed by atoms with Gasteiger partial charge in [0.15, 0.2) is 9.84 Å². The number of carbonyl (C=O) groups is 1. The van der Waals surface area contributed by atoms with Gasteiger partial charge in [-0.05, 0) is 26.5 Å². The van der Waals surface area contributed by atoms with Crippen molar-refractivity contribution in [1.82, 2.24) is 19.9 Å². The second-order valence-corrected chi connectivity index (χ2v) is 9.25. The molecule has 0 aliphatic carbocycles. The summed E-state index contributed by atoms with van der Waals surface area (Å²) in [5.74, 6) is -0.0306. The normalized spacial score (nSPS) is 25.6. The summed E-state index contributed by atoms with van der Waals surface area (Å²) in [6.07, 6.45) is 0. The summed E-state index contributed by atoms with van der Waals surface area (Å²) in [4.78, 5) is 21.6. The number of sulfone groups is 1. The summed E-state index contributed by atoms with van der Waals surface area (Å²) < 4.78 is 29.7. The second-order valence-electron chi connectivity index (χ2n) is 7.10. The van der Waals surface area contributed by atoms with Crippen molar-refractivity contribution in [3.63, 3.8) is 0 Å². The number of nitrogens with zero attached hydrogens (tertiary/aromatic N) is 4. The van der Waals surface area contributed by atoms with E-state index >= 15 is 0 Å². The molecule has 0 N–H and O–H groups in total. The van der Waals surface area contributed by atoms with Crippen LogP contribution in [0.3, 0.4) is 0 Å². The van der Waals surface area contributed by atoms with E-state index in [1.165, 1.54) is 0 Å². The fourth-order valence-corrected chi connectivity index (χ4v) is 6.22. The predicted molar refractivity (Wildman–Crippen MR) is 95.8 cm³/mol. The van der Waals surface area contributed by atoms with Crippen LogP contribution in [0.1, 0.15) is 28.7 Å². The molecule has 4 rings (SSSR count). The number of likely N-dealkylation sites (N-methyl/N-ethyl adjacent to an activating group) is 1. The van der Waals surface area contributed by atoms with Crippen molar-refractivity contribution in [1.29, 1.82) is 0 Å². The molecule has 2 aromatic rings. The smallest absolute Gasteiger partial charge is 0.258 e. The molecular formula is C17H22N4O4S. The number of aryl methyl sites for hydroxylation is 2. The molecule has 0 aromatic carbocycles. The highest BCUT2D eigenvalue weighted by atomic mass is 32.2. The first-order valence-corrected chi connectivity index (χ1v) is 10.6. The van der Waals surface area contributed by atoms with Crippen LogP contribution < -0.4 is 0 Å². The van der Waals surface area contributed by atoms with Gasteiger partial charge in [-0.25, -0.2) is 13.4 Å². The predicted octanol–water partition coefficient (Wildman–Crippen LogP) is 0.783. The van der Waals surface area contributed by atoms with E-state index in [9.17, 15) is 13.2 Å². The molecule has 0 radical (unpaired) electrons. The molecule has 8 nitrogen and oxygen atoms in total. The van der Waals surface area contributed by atoms with Gasteiger partial charge in [-0.3, -0.25) is 9.69 Å². The molecule has 2 saturated heterocycles. The number of fused-ring (bicyclic) bond motifs is 2. The van der Waals surface area contributed by atoms with Gasteiger partial charge in [0.05, 0.1) is 34.2 Å². The van der Waals surface area contributed by atoms with Crippen LogP contribution in [-0.4, -0.2) is 77.5 Å². The van der Waals surface area contributed by atoms with E-state index in [2.05, 4.69) is 15.0 Å². The quantitative estimate of drug-likeness (QED) is 0.762. The third kappa shape index (κ3) is 2.69. The molecule has 2 aromatic heterocycles. The van der Waals surface area contributed by atoms with E-state index in [1.54, 1.807) is 24.8 Å². The van der Waals surface area contributed by atoms with Crippen LogP contribution in [0, 0.1) is 13.8 Å². The van der Waals surface area contributed by atoms with Gasteiger partial charge in [0.25, 0.3) is 11.6 Å². The zero-order valence-corrected chi connectivity index (χ0v) is 15.9. The number of piperazine rings is 1. The average molecular weight is 378 g/mol. The maximum absolute atomic E-state index is 13.4. The molecule has 0 bridgehead atoms. The van der Waals surface area contributed by atoms with E-state index in [0.29, 0.717) is 41.1 Å². The third-order valence-electron chi connectivity index (χ3n) is 5.43. The van der Waals surface area contributed by atoms with Crippen LogP contribution >= 0.6 is 0 Å². The average Bonchev–Trinajstić information content (AvgIpc) is 3.11. The number of pyridine rings is 1. The van der Waals surface area contributed by atoms with Gasteiger partial charge >= 0.3 is 0 Å². The lowest BCUT2D eigenvalue weighted by Crippen LogP contribution is -2.60. The summed E-state index contributed by atoms with van der Waals surface area (Å²) in [5.41, 5.74) is 2.10. The summed E-state index contributed by atoms with van der Waals surface area (Å²) in [6.45, 7) is 7.56. The first-order valence-electron chi connectivity index (χ1n) is 8.80. The Kier molecular flexibility index (Phi) is 4.03. The number of hydrogen-bond acceptors (Lipinski definition) is 7. The number of carbonyl (C=O) groups excluding carboxylic acids is 1. The van der Waals surface area contributed by atoms with Crippen molar-refractivity contribution in [2.45, 2.75) is 32.9 Å². The van der Waals surface area contributed by atoms with Crippen molar-refractivity contribution in [2.75, 3.05) is 31.1 Å². The summed E-state index contributed by atoms with van der Waals surface area (Å²) in [6, 6.07) is 1.29. The molecular weight excluding hydrogens is 356 g/mol. The Bertz CT molecular complexity index is 984. The zero-order chi connectivity index (χ0) is 18.6. The lowest BCUT2D eigenvalue weighted by molar-refractivity contribution is 0.0351. The van der Waals surface area contributed by atoms with Crippen molar-refractivity contribution in [3.8, 4) is 0 Å². The molecule has 0 spiro atoms. The molecule has 2 atom stereocenters. The SMILES string of the molecule is CCN1CCN(C(=O)c2cc(C)nc3onc(C)c23)[C@H]2CS(=O)(=O)C[C@H]21. The first-order chi connectivity index (χ1) is 12.3. The third-order valence-corrected chi connectivity index (χ3v) is 7.13. The minimum Gasteiger partial charge on any atom is -0.336 e. The van der Waals surface area contributed by atoms with Gasteiger partial charge < -0.3 is 9.42 Å². The summed E-state index contributed by atoms with van der Waals surface area (Å²) >= 11 is 0. The summed E-state index contributed by atoms with van der Waals surface area (Å²) in [5, 5.41) is 4.53. The number of amides is 1.